The van der Waals surface area contributed by atoms with E-state index in [4.69, 9.17) is 4.74 Å². The van der Waals surface area contributed by atoms with Crippen molar-refractivity contribution in [1.82, 2.24) is 15.1 Å². The van der Waals surface area contributed by atoms with E-state index < -0.39 is 0 Å². The zero-order valence-corrected chi connectivity index (χ0v) is 13.9. The molecule has 3 rings (SSSR count). The first-order valence-corrected chi connectivity index (χ1v) is 7.46. The van der Waals surface area contributed by atoms with Crippen molar-refractivity contribution in [2.24, 2.45) is 0 Å². The molecule has 0 bridgehead atoms. The van der Waals surface area contributed by atoms with E-state index in [1.165, 1.54) is 16.7 Å². The third-order valence-electron chi connectivity index (χ3n) is 3.80. The van der Waals surface area contributed by atoms with Gasteiger partial charge in [-0.3, -0.25) is 0 Å². The highest BCUT2D eigenvalue weighted by Crippen LogP contribution is 2.31. The summed E-state index contributed by atoms with van der Waals surface area (Å²) in [7, 11) is 4.06. The Morgan fingerprint density at radius 3 is 2.68 bits per heavy atom. The van der Waals surface area contributed by atoms with Crippen LogP contribution in [0.25, 0.3) is 11.3 Å². The van der Waals surface area contributed by atoms with Gasteiger partial charge in [0.25, 0.3) is 0 Å². The highest BCUT2D eigenvalue weighted by molar-refractivity contribution is 5.85. The molecule has 0 aliphatic heterocycles. The fraction of sp³-hybridized carbons (Fsp3) is 0.412. The molecule has 118 valence electrons. The second-order valence-electron chi connectivity index (χ2n) is 5.72. The Labute approximate surface area is 137 Å². The Morgan fingerprint density at radius 2 is 1.86 bits per heavy atom. The monoisotopic (exact) mass is 319 g/mol. The van der Waals surface area contributed by atoms with Gasteiger partial charge in [0.2, 0.25) is 5.88 Å². The molecule has 1 aliphatic rings. The van der Waals surface area contributed by atoms with Gasteiger partial charge in [-0.1, -0.05) is 24.3 Å². The standard InChI is InChI=1S/C17H21N3O.ClH/c1-20(2)10-11-21-16-12-14-8-5-7-13-6-3-4-9-15(13)17(14)19-18-16;/h3-4,6,9,12H,5,7-8,10-11H2,1-2H3;1H. The van der Waals surface area contributed by atoms with Gasteiger partial charge >= 0.3 is 0 Å². The number of rotatable bonds is 4. The van der Waals surface area contributed by atoms with Crippen LogP contribution in [0.5, 0.6) is 5.88 Å². The molecular formula is C17H22ClN3O. The van der Waals surface area contributed by atoms with E-state index in [-0.39, 0.29) is 12.4 Å². The molecule has 0 saturated carbocycles. The fourth-order valence-electron chi connectivity index (χ4n) is 2.67. The zero-order chi connectivity index (χ0) is 14.7. The minimum atomic E-state index is 0. The topological polar surface area (TPSA) is 38.2 Å². The highest BCUT2D eigenvalue weighted by atomic mass is 35.5. The molecule has 1 aromatic carbocycles. The number of benzene rings is 1. The predicted octanol–water partition coefficient (Wildman–Crippen LogP) is 2.99. The number of hydrogen-bond acceptors (Lipinski definition) is 4. The van der Waals surface area contributed by atoms with Crippen LogP contribution in [0.2, 0.25) is 0 Å². The lowest BCUT2D eigenvalue weighted by atomic mass is 10.0. The Hall–Kier alpha value is -1.65. The normalized spacial score (nSPS) is 12.9. The molecule has 0 unspecified atom stereocenters. The summed E-state index contributed by atoms with van der Waals surface area (Å²) in [6, 6.07) is 10.5. The molecule has 4 nitrogen and oxygen atoms in total. The molecule has 0 spiro atoms. The van der Waals surface area contributed by atoms with Gasteiger partial charge in [0.05, 0.1) is 5.69 Å². The Balaban J connectivity index is 0.00000176. The number of hydrogen-bond donors (Lipinski definition) is 0. The van der Waals surface area contributed by atoms with Gasteiger partial charge in [-0.2, -0.15) is 0 Å². The van der Waals surface area contributed by atoms with Crippen LogP contribution in [-0.2, 0) is 12.8 Å². The molecule has 0 N–H and O–H groups in total. The second-order valence-corrected chi connectivity index (χ2v) is 5.72. The summed E-state index contributed by atoms with van der Waals surface area (Å²) < 4.78 is 5.70. The van der Waals surface area contributed by atoms with Crippen LogP contribution in [0.3, 0.4) is 0 Å². The quantitative estimate of drug-likeness (QED) is 0.868. The van der Waals surface area contributed by atoms with Gasteiger partial charge in [0.15, 0.2) is 0 Å². The number of halogens is 1. The maximum absolute atomic E-state index is 5.70. The van der Waals surface area contributed by atoms with Crippen molar-refractivity contribution in [1.29, 1.82) is 0 Å². The summed E-state index contributed by atoms with van der Waals surface area (Å²) in [5.41, 5.74) is 4.85. The maximum Gasteiger partial charge on any atom is 0.233 e. The van der Waals surface area contributed by atoms with Crippen molar-refractivity contribution in [3.63, 3.8) is 0 Å². The third kappa shape index (κ3) is 3.76. The van der Waals surface area contributed by atoms with Crippen molar-refractivity contribution in [2.45, 2.75) is 19.3 Å². The molecule has 1 aliphatic carbocycles. The summed E-state index contributed by atoms with van der Waals surface area (Å²) in [6.07, 6.45) is 3.28. The van der Waals surface area contributed by atoms with Crippen LogP contribution in [0.1, 0.15) is 17.5 Å². The average molecular weight is 320 g/mol. The molecule has 1 heterocycles. The first-order chi connectivity index (χ1) is 10.2. The van der Waals surface area contributed by atoms with E-state index in [9.17, 15) is 0 Å². The van der Waals surface area contributed by atoms with Crippen LogP contribution < -0.4 is 4.74 Å². The van der Waals surface area contributed by atoms with Crippen molar-refractivity contribution in [3.05, 3.63) is 41.5 Å². The fourth-order valence-corrected chi connectivity index (χ4v) is 2.67. The lowest BCUT2D eigenvalue weighted by Gasteiger charge is -2.12. The van der Waals surface area contributed by atoms with Gasteiger partial charge < -0.3 is 9.64 Å². The molecule has 0 amide bonds. The van der Waals surface area contributed by atoms with Crippen molar-refractivity contribution >= 4 is 12.4 Å². The van der Waals surface area contributed by atoms with E-state index in [0.717, 1.165) is 31.5 Å². The van der Waals surface area contributed by atoms with E-state index in [1.807, 2.05) is 14.1 Å². The summed E-state index contributed by atoms with van der Waals surface area (Å²) in [5.74, 6) is 0.634. The van der Waals surface area contributed by atoms with Crippen molar-refractivity contribution in [2.75, 3.05) is 27.2 Å². The first-order valence-electron chi connectivity index (χ1n) is 7.46. The summed E-state index contributed by atoms with van der Waals surface area (Å²) >= 11 is 0. The van der Waals surface area contributed by atoms with Gasteiger partial charge in [0.1, 0.15) is 6.61 Å². The molecule has 0 saturated heterocycles. The number of likely N-dealkylation sites (N-methyl/N-ethyl adjacent to an activating group) is 1. The van der Waals surface area contributed by atoms with Gasteiger partial charge in [0, 0.05) is 18.2 Å². The summed E-state index contributed by atoms with van der Waals surface area (Å²) in [4.78, 5) is 2.09. The largest absolute Gasteiger partial charge is 0.475 e. The second kappa shape index (κ2) is 7.56. The zero-order valence-electron chi connectivity index (χ0n) is 13.1. The Kier molecular flexibility index (Phi) is 5.75. The minimum Gasteiger partial charge on any atom is -0.475 e. The number of ether oxygens (including phenoxy) is 1. The van der Waals surface area contributed by atoms with E-state index in [0.29, 0.717) is 12.5 Å². The number of aromatic nitrogens is 2. The van der Waals surface area contributed by atoms with E-state index in [1.54, 1.807) is 0 Å². The number of aryl methyl sites for hydroxylation is 2. The van der Waals surface area contributed by atoms with Crippen molar-refractivity contribution < 1.29 is 4.74 Å². The molecule has 5 heteroatoms. The molecular weight excluding hydrogens is 298 g/mol. The van der Waals surface area contributed by atoms with E-state index in [2.05, 4.69) is 45.4 Å². The van der Waals surface area contributed by atoms with Gasteiger partial charge in [-0.25, -0.2) is 0 Å². The lowest BCUT2D eigenvalue weighted by Crippen LogP contribution is -2.19. The molecule has 0 fully saturated rings. The highest BCUT2D eigenvalue weighted by Gasteiger charge is 2.16. The SMILES string of the molecule is CN(C)CCOc1cc2c(nn1)-c1ccccc1CCC2.Cl. The van der Waals surface area contributed by atoms with Crippen LogP contribution >= 0.6 is 12.4 Å². The van der Waals surface area contributed by atoms with Crippen molar-refractivity contribution in [3.8, 4) is 17.1 Å². The average Bonchev–Trinajstić information content (AvgIpc) is 2.66. The molecule has 1 aromatic heterocycles. The third-order valence-corrected chi connectivity index (χ3v) is 3.80. The van der Waals surface area contributed by atoms with Gasteiger partial charge in [-0.15, -0.1) is 22.6 Å². The molecule has 22 heavy (non-hydrogen) atoms. The maximum atomic E-state index is 5.70. The number of nitrogens with zero attached hydrogens (tertiary/aromatic N) is 3. The van der Waals surface area contributed by atoms with Crippen LogP contribution in [0, 0.1) is 0 Å². The first kappa shape index (κ1) is 16.7. The Morgan fingerprint density at radius 1 is 1.09 bits per heavy atom. The molecule has 2 aromatic rings. The summed E-state index contributed by atoms with van der Waals surface area (Å²) in [5, 5.41) is 8.67. The summed E-state index contributed by atoms with van der Waals surface area (Å²) in [6.45, 7) is 1.51. The number of fused-ring (bicyclic) bond motifs is 3. The molecule has 0 radical (unpaired) electrons. The Bertz CT molecular complexity index is 631. The van der Waals surface area contributed by atoms with Crippen LogP contribution in [-0.4, -0.2) is 42.3 Å². The van der Waals surface area contributed by atoms with Crippen LogP contribution in [0.4, 0.5) is 0 Å². The predicted molar refractivity (Wildman–Crippen MR) is 90.8 cm³/mol. The van der Waals surface area contributed by atoms with Gasteiger partial charge in [-0.05, 0) is 44.5 Å². The minimum absolute atomic E-state index is 0. The van der Waals surface area contributed by atoms with Crippen LogP contribution in [0.15, 0.2) is 30.3 Å². The lowest BCUT2D eigenvalue weighted by molar-refractivity contribution is 0.251. The smallest absolute Gasteiger partial charge is 0.233 e. The van der Waals surface area contributed by atoms with E-state index >= 15 is 0 Å². The molecule has 0 atom stereocenters.